The topological polar surface area (TPSA) is 168 Å². The Balaban J connectivity index is 1.24. The number of amides is 1. The Morgan fingerprint density at radius 2 is 1.61 bits per heavy atom. The van der Waals surface area contributed by atoms with E-state index in [1.54, 1.807) is 60.7 Å². The van der Waals surface area contributed by atoms with Crippen LogP contribution in [0.3, 0.4) is 0 Å². The predicted octanol–water partition coefficient (Wildman–Crippen LogP) is 5.47. The van der Waals surface area contributed by atoms with Crippen LogP contribution < -0.4 is 5.32 Å². The van der Waals surface area contributed by atoms with Crippen molar-refractivity contribution in [1.29, 1.82) is 0 Å². The number of aliphatic hydroxyl groups is 2. The first-order valence-corrected chi connectivity index (χ1v) is 21.1. The molecule has 13 heteroatoms. The summed E-state index contributed by atoms with van der Waals surface area (Å²) in [4.78, 5) is 40.9. The number of aliphatic hydroxyl groups excluding tert-OH is 1. The van der Waals surface area contributed by atoms with E-state index in [0.717, 1.165) is 12.8 Å². The van der Waals surface area contributed by atoms with E-state index >= 15 is 0 Å². The molecule has 320 valence electrons. The minimum Gasteiger partial charge on any atom is -0.456 e. The van der Waals surface area contributed by atoms with Crippen LogP contribution in [0, 0.1) is 16.7 Å². The molecule has 12 atom stereocenters. The molecule has 0 aromatic heterocycles. The lowest BCUT2D eigenvalue weighted by Gasteiger charge is -2.68. The van der Waals surface area contributed by atoms with Crippen molar-refractivity contribution in [2.24, 2.45) is 16.7 Å². The number of hydrogen-bond donors (Lipinski definition) is 3. The van der Waals surface area contributed by atoms with Gasteiger partial charge in [0.25, 0.3) is 5.91 Å². The van der Waals surface area contributed by atoms with Crippen LogP contribution in [-0.4, -0.2) is 101 Å². The van der Waals surface area contributed by atoms with Crippen molar-refractivity contribution < 1.29 is 57.8 Å². The summed E-state index contributed by atoms with van der Waals surface area (Å²) in [5.74, 6) is -3.69. The highest BCUT2D eigenvalue weighted by Crippen LogP contribution is 2.67. The number of carbonyl (C=O) groups is 3. The van der Waals surface area contributed by atoms with Gasteiger partial charge in [0.15, 0.2) is 23.8 Å². The van der Waals surface area contributed by atoms with Gasteiger partial charge in [0.05, 0.1) is 24.9 Å². The summed E-state index contributed by atoms with van der Waals surface area (Å²) in [6.07, 6.45) is -3.03. The van der Waals surface area contributed by atoms with Crippen LogP contribution in [0.4, 0.5) is 0 Å². The second-order valence-corrected chi connectivity index (χ2v) is 18.6. The molecule has 4 unspecified atom stereocenters. The molecular weight excluding hydrogens is 759 g/mol. The zero-order valence-electron chi connectivity index (χ0n) is 35.1. The Morgan fingerprint density at radius 1 is 0.915 bits per heavy atom. The molecule has 2 aromatic rings. The van der Waals surface area contributed by atoms with Gasteiger partial charge in [-0.2, -0.15) is 0 Å². The van der Waals surface area contributed by atoms with E-state index in [1.807, 2.05) is 34.6 Å². The van der Waals surface area contributed by atoms with Gasteiger partial charge in [0.2, 0.25) is 0 Å². The average Bonchev–Trinajstić information content (AvgIpc) is 3.52. The van der Waals surface area contributed by atoms with Gasteiger partial charge in [0, 0.05) is 42.3 Å². The first-order chi connectivity index (χ1) is 27.9. The summed E-state index contributed by atoms with van der Waals surface area (Å²) in [7, 11) is 0. The second-order valence-electron chi connectivity index (χ2n) is 18.6. The van der Waals surface area contributed by atoms with Crippen molar-refractivity contribution in [3.8, 4) is 0 Å². The summed E-state index contributed by atoms with van der Waals surface area (Å²) in [6.45, 7) is 13.6. The number of rotatable bonds is 9. The minimum atomic E-state index is -1.83. The highest BCUT2D eigenvalue weighted by atomic mass is 16.8. The third-order valence-electron chi connectivity index (χ3n) is 14.3. The van der Waals surface area contributed by atoms with E-state index in [9.17, 15) is 24.6 Å². The molecule has 3 saturated heterocycles. The molecule has 0 radical (unpaired) electrons. The van der Waals surface area contributed by atoms with Crippen LogP contribution >= 0.6 is 0 Å². The summed E-state index contributed by atoms with van der Waals surface area (Å²) >= 11 is 0. The summed E-state index contributed by atoms with van der Waals surface area (Å²) in [6, 6.07) is 16.1. The van der Waals surface area contributed by atoms with Gasteiger partial charge < -0.3 is 48.7 Å². The molecule has 3 aliphatic carbocycles. The predicted molar refractivity (Wildman–Crippen MR) is 212 cm³/mol. The number of esters is 2. The van der Waals surface area contributed by atoms with Crippen LogP contribution in [0.2, 0.25) is 0 Å². The lowest BCUT2D eigenvalue weighted by atomic mass is 9.45. The molecule has 6 aliphatic rings. The van der Waals surface area contributed by atoms with E-state index in [1.165, 1.54) is 6.92 Å². The van der Waals surface area contributed by atoms with E-state index in [-0.39, 0.29) is 13.0 Å². The van der Waals surface area contributed by atoms with Crippen LogP contribution in [0.1, 0.15) is 109 Å². The molecule has 2 saturated carbocycles. The van der Waals surface area contributed by atoms with Crippen molar-refractivity contribution in [3.63, 3.8) is 0 Å². The third-order valence-corrected chi connectivity index (χ3v) is 14.3. The summed E-state index contributed by atoms with van der Waals surface area (Å²) < 4.78 is 46.1. The molecule has 59 heavy (non-hydrogen) atoms. The van der Waals surface area contributed by atoms with Gasteiger partial charge >= 0.3 is 11.9 Å². The Morgan fingerprint density at radius 3 is 2.24 bits per heavy atom. The van der Waals surface area contributed by atoms with Crippen molar-refractivity contribution in [3.05, 3.63) is 82.9 Å². The van der Waals surface area contributed by atoms with Crippen LogP contribution in [-0.2, 0) is 42.7 Å². The van der Waals surface area contributed by atoms with E-state index in [4.69, 9.17) is 33.2 Å². The Bertz CT molecular complexity index is 1950. The lowest BCUT2D eigenvalue weighted by molar-refractivity contribution is -0.365. The smallest absolute Gasteiger partial charge is 0.338 e. The molecule has 2 bridgehead atoms. The number of nitrogens with one attached hydrogen (secondary N) is 1. The average molecular weight is 818 g/mol. The monoisotopic (exact) mass is 817 g/mol. The van der Waals surface area contributed by atoms with Gasteiger partial charge in [0.1, 0.15) is 23.9 Å². The van der Waals surface area contributed by atoms with Gasteiger partial charge in [-0.15, -0.1) is 0 Å². The maximum Gasteiger partial charge on any atom is 0.338 e. The standard InChI is InChI=1S/C46H59NO12/c1-26-30(55-41(51)35(49)34(28-16-10-8-11-17-28)47-40(50)29-18-12-9-13-19-29)24-46(52)39(56-32-20-14-15-23-53-32)37-44(7,22-21-31-45(37,25-54-31)57-27(2)48)38-36(33(26)42(46,3)4)58-43(5,6)59-38/h8-13,16-19,30-32,34-39,49,52H,14-15,20-25H2,1-7H3,(H,47,50)/t30-,31?,32?,34-,35+,36?,37?,38-,39-,44+,45-,46+/m0/s1. The maximum absolute atomic E-state index is 14.4. The molecule has 3 aliphatic heterocycles. The van der Waals surface area contributed by atoms with Gasteiger partial charge in [-0.3, -0.25) is 9.59 Å². The quantitative estimate of drug-likeness (QED) is 0.216. The largest absolute Gasteiger partial charge is 0.456 e. The number of ether oxygens (including phenoxy) is 7. The lowest BCUT2D eigenvalue weighted by Crippen LogP contribution is -2.80. The molecule has 13 nitrogen and oxygen atoms in total. The van der Waals surface area contributed by atoms with Gasteiger partial charge in [-0.25, -0.2) is 4.79 Å². The normalized spacial score (nSPS) is 37.8. The van der Waals surface area contributed by atoms with Crippen LogP contribution in [0.5, 0.6) is 0 Å². The van der Waals surface area contributed by atoms with Crippen LogP contribution in [0.15, 0.2) is 71.8 Å². The fourth-order valence-corrected chi connectivity index (χ4v) is 11.3. The molecule has 0 spiro atoms. The van der Waals surface area contributed by atoms with Crippen molar-refractivity contribution in [2.75, 3.05) is 13.2 Å². The number of fused-ring (bicyclic) bond motifs is 8. The molecule has 8 rings (SSSR count). The molecule has 2 aromatic carbocycles. The summed E-state index contributed by atoms with van der Waals surface area (Å²) in [5, 5.41) is 28.6. The maximum atomic E-state index is 14.4. The van der Waals surface area contributed by atoms with Crippen LogP contribution in [0.25, 0.3) is 0 Å². The zero-order valence-corrected chi connectivity index (χ0v) is 35.1. The summed E-state index contributed by atoms with van der Waals surface area (Å²) in [5.41, 5.74) is -2.66. The zero-order chi connectivity index (χ0) is 42.1. The van der Waals surface area contributed by atoms with E-state index < -0.39 is 101 Å². The fourth-order valence-electron chi connectivity index (χ4n) is 11.3. The minimum absolute atomic E-state index is 0.100. The number of carbonyl (C=O) groups excluding carboxylic acids is 3. The van der Waals surface area contributed by atoms with E-state index in [0.29, 0.717) is 48.1 Å². The van der Waals surface area contributed by atoms with Gasteiger partial charge in [-0.05, 0) is 81.7 Å². The molecular formula is C46H59NO12. The Hall–Kier alpha value is -3.69. The van der Waals surface area contributed by atoms with E-state index in [2.05, 4.69) is 12.2 Å². The molecule has 3 heterocycles. The third kappa shape index (κ3) is 7.04. The fraction of sp³-hybridized carbons (Fsp3) is 0.630. The van der Waals surface area contributed by atoms with Crippen molar-refractivity contribution >= 4 is 17.8 Å². The second kappa shape index (κ2) is 15.3. The Kier molecular flexibility index (Phi) is 10.9. The SMILES string of the molecule is CC(=O)O[C@@]12COC1CC[C@]1(C)C2[C@H](OC2CCCCO2)[C@]2(O)C[C@H](OC(=O)[C@H](O)[C@@H](NC(=O)c3ccccc3)c3ccccc3)C(C)=C(C3OC(C)(C)O[C@@H]31)C2(C)C. The first-order valence-electron chi connectivity index (χ1n) is 21.1. The number of hydrogen-bond acceptors (Lipinski definition) is 12. The molecule has 3 N–H and O–H groups in total. The number of benzene rings is 2. The molecule has 1 amide bonds. The molecule has 5 fully saturated rings. The van der Waals surface area contributed by atoms with Gasteiger partial charge in [-0.1, -0.05) is 69.3 Å². The highest BCUT2D eigenvalue weighted by Gasteiger charge is 2.77. The first kappa shape index (κ1) is 42.0. The Labute approximate surface area is 346 Å². The van der Waals surface area contributed by atoms with Crippen molar-refractivity contribution in [2.45, 2.75) is 153 Å². The highest BCUT2D eigenvalue weighted by molar-refractivity contribution is 5.95. The van der Waals surface area contributed by atoms with Crippen molar-refractivity contribution in [1.82, 2.24) is 5.32 Å².